The summed E-state index contributed by atoms with van der Waals surface area (Å²) in [4.78, 5) is 11.4. The maximum Gasteiger partial charge on any atom is 0.243 e. The van der Waals surface area contributed by atoms with Crippen LogP contribution in [0.1, 0.15) is 6.42 Å². The Morgan fingerprint density at radius 1 is 1.16 bits per heavy atom. The molecule has 1 aromatic rings. The average Bonchev–Trinajstić information content (AvgIpc) is 2.53. The van der Waals surface area contributed by atoms with E-state index in [4.69, 9.17) is 23.2 Å². The van der Waals surface area contributed by atoms with Gasteiger partial charge in [-0.25, -0.2) is 8.42 Å². The largest absolute Gasteiger partial charge is 0.355 e. The topological polar surface area (TPSA) is 66.5 Å². The quantitative estimate of drug-likeness (QED) is 0.897. The van der Waals surface area contributed by atoms with E-state index in [2.05, 4.69) is 5.32 Å². The molecule has 104 valence electrons. The Labute approximate surface area is 121 Å². The molecule has 0 aromatic heterocycles. The second kappa shape index (κ2) is 5.66. The molecule has 0 aliphatic carbocycles. The lowest BCUT2D eigenvalue weighted by atomic mass is 10.4. The maximum atomic E-state index is 12.4. The van der Waals surface area contributed by atoms with Gasteiger partial charge in [-0.3, -0.25) is 4.79 Å². The van der Waals surface area contributed by atoms with Gasteiger partial charge in [-0.05, 0) is 24.6 Å². The molecule has 1 saturated heterocycles. The minimum Gasteiger partial charge on any atom is -0.355 e. The van der Waals surface area contributed by atoms with Gasteiger partial charge in [-0.1, -0.05) is 23.2 Å². The molecular weight excluding hydrogens is 311 g/mol. The Bertz CT molecular complexity index is 584. The van der Waals surface area contributed by atoms with Crippen LogP contribution in [0.2, 0.25) is 10.0 Å². The molecule has 0 atom stereocenters. The van der Waals surface area contributed by atoms with Gasteiger partial charge >= 0.3 is 0 Å². The Kier molecular flexibility index (Phi) is 4.35. The van der Waals surface area contributed by atoms with Crippen LogP contribution < -0.4 is 5.32 Å². The van der Waals surface area contributed by atoms with Gasteiger partial charge in [0.1, 0.15) is 0 Å². The number of nitrogens with zero attached hydrogens (tertiary/aromatic N) is 1. The summed E-state index contributed by atoms with van der Waals surface area (Å²) in [5.74, 6) is -0.311. The van der Waals surface area contributed by atoms with Gasteiger partial charge in [0.2, 0.25) is 15.9 Å². The standard InChI is InChI=1S/C11H12Cl2N2O3S/c12-8-4-9(13)6-10(5-8)19(17,18)15-3-1-2-14-11(16)7-15/h4-6H,1-3,7H2,(H,14,16). The molecule has 0 spiro atoms. The number of benzene rings is 1. The van der Waals surface area contributed by atoms with E-state index < -0.39 is 10.0 Å². The van der Waals surface area contributed by atoms with Gasteiger partial charge in [0, 0.05) is 23.1 Å². The number of carbonyl (C=O) groups is 1. The highest BCUT2D eigenvalue weighted by molar-refractivity contribution is 7.89. The molecule has 0 saturated carbocycles. The summed E-state index contributed by atoms with van der Waals surface area (Å²) in [6.45, 7) is 0.568. The summed E-state index contributed by atoms with van der Waals surface area (Å²) in [5.41, 5.74) is 0. The fraction of sp³-hybridized carbons (Fsp3) is 0.364. The minimum absolute atomic E-state index is 0.000278. The number of halogens is 2. The van der Waals surface area contributed by atoms with Crippen molar-refractivity contribution in [1.82, 2.24) is 9.62 Å². The molecule has 0 bridgehead atoms. The molecule has 19 heavy (non-hydrogen) atoms. The monoisotopic (exact) mass is 322 g/mol. The van der Waals surface area contributed by atoms with E-state index in [1.54, 1.807) is 0 Å². The van der Waals surface area contributed by atoms with Crippen LogP contribution in [0.15, 0.2) is 23.1 Å². The zero-order valence-corrected chi connectivity index (χ0v) is 12.2. The smallest absolute Gasteiger partial charge is 0.243 e. The summed E-state index contributed by atoms with van der Waals surface area (Å²) in [6, 6.07) is 4.11. The van der Waals surface area contributed by atoms with Gasteiger partial charge in [0.25, 0.3) is 0 Å². The Hall–Kier alpha value is -0.820. The number of carbonyl (C=O) groups excluding carboxylic acids is 1. The first-order chi connectivity index (χ1) is 8.89. The van der Waals surface area contributed by atoms with Crippen LogP contribution >= 0.6 is 23.2 Å². The Morgan fingerprint density at radius 2 is 1.79 bits per heavy atom. The highest BCUT2D eigenvalue weighted by Gasteiger charge is 2.28. The molecule has 8 heteroatoms. The van der Waals surface area contributed by atoms with Crippen molar-refractivity contribution < 1.29 is 13.2 Å². The first-order valence-electron chi connectivity index (χ1n) is 5.62. The SMILES string of the molecule is O=C1CN(S(=O)(=O)c2cc(Cl)cc(Cl)c2)CCCN1. The first-order valence-corrected chi connectivity index (χ1v) is 7.82. The summed E-state index contributed by atoms with van der Waals surface area (Å²) < 4.78 is 26.0. The third-order valence-electron chi connectivity index (χ3n) is 2.70. The van der Waals surface area contributed by atoms with Crippen LogP contribution in [0, 0.1) is 0 Å². The van der Waals surface area contributed by atoms with Crippen molar-refractivity contribution in [2.75, 3.05) is 19.6 Å². The van der Waals surface area contributed by atoms with E-state index in [0.717, 1.165) is 4.31 Å². The second-order valence-corrected chi connectivity index (χ2v) is 6.96. The van der Waals surface area contributed by atoms with Gasteiger partial charge in [-0.2, -0.15) is 4.31 Å². The number of amides is 1. The first kappa shape index (κ1) is 14.6. The molecule has 0 unspecified atom stereocenters. The van der Waals surface area contributed by atoms with Crippen LogP contribution in [-0.4, -0.2) is 38.3 Å². The number of nitrogens with one attached hydrogen (secondary N) is 1. The Balaban J connectivity index is 2.37. The summed E-state index contributed by atoms with van der Waals surface area (Å²) in [7, 11) is -3.76. The van der Waals surface area contributed by atoms with Gasteiger partial charge in [0.05, 0.1) is 11.4 Å². The lowest BCUT2D eigenvalue weighted by Gasteiger charge is -2.19. The molecule has 5 nitrogen and oxygen atoms in total. The third-order valence-corrected chi connectivity index (χ3v) is 4.96. The van der Waals surface area contributed by atoms with Gasteiger partial charge in [-0.15, -0.1) is 0 Å². The zero-order chi connectivity index (χ0) is 14.0. The van der Waals surface area contributed by atoms with Crippen LogP contribution in [0.4, 0.5) is 0 Å². The average molecular weight is 323 g/mol. The van der Waals surface area contributed by atoms with Crippen LogP contribution in [0.5, 0.6) is 0 Å². The normalized spacial score (nSPS) is 17.9. The third kappa shape index (κ3) is 3.39. The van der Waals surface area contributed by atoms with E-state index >= 15 is 0 Å². The zero-order valence-electron chi connectivity index (χ0n) is 9.90. The van der Waals surface area contributed by atoms with Crippen molar-refractivity contribution in [1.29, 1.82) is 0 Å². The molecule has 1 aliphatic heterocycles. The lowest BCUT2D eigenvalue weighted by molar-refractivity contribution is -0.120. The van der Waals surface area contributed by atoms with Crippen LogP contribution in [-0.2, 0) is 14.8 Å². The molecule has 1 heterocycles. The highest BCUT2D eigenvalue weighted by Crippen LogP contribution is 2.25. The van der Waals surface area contributed by atoms with E-state index in [1.807, 2.05) is 0 Å². The van der Waals surface area contributed by atoms with Crippen LogP contribution in [0.25, 0.3) is 0 Å². The lowest BCUT2D eigenvalue weighted by Crippen LogP contribution is -2.37. The van der Waals surface area contributed by atoms with E-state index in [1.165, 1.54) is 18.2 Å². The molecule has 1 N–H and O–H groups in total. The highest BCUT2D eigenvalue weighted by atomic mass is 35.5. The molecular formula is C11H12Cl2N2O3S. The summed E-state index contributed by atoms with van der Waals surface area (Å²) in [6.07, 6.45) is 0.569. The van der Waals surface area contributed by atoms with Crippen molar-refractivity contribution in [3.63, 3.8) is 0 Å². The van der Waals surface area contributed by atoms with Crippen molar-refractivity contribution in [3.05, 3.63) is 28.2 Å². The number of hydrogen-bond acceptors (Lipinski definition) is 3. The van der Waals surface area contributed by atoms with Crippen molar-refractivity contribution in [2.24, 2.45) is 0 Å². The number of sulfonamides is 1. The fourth-order valence-electron chi connectivity index (χ4n) is 1.81. The van der Waals surface area contributed by atoms with E-state index in [0.29, 0.717) is 13.0 Å². The molecule has 1 aliphatic rings. The summed E-state index contributed by atoms with van der Waals surface area (Å²) in [5, 5.41) is 3.11. The second-order valence-electron chi connectivity index (χ2n) is 4.15. The molecule has 2 rings (SSSR count). The maximum absolute atomic E-state index is 12.4. The molecule has 0 radical (unpaired) electrons. The minimum atomic E-state index is -3.76. The Morgan fingerprint density at radius 3 is 2.42 bits per heavy atom. The van der Waals surface area contributed by atoms with E-state index in [9.17, 15) is 13.2 Å². The molecule has 1 fully saturated rings. The summed E-state index contributed by atoms with van der Waals surface area (Å²) >= 11 is 11.6. The number of hydrogen-bond donors (Lipinski definition) is 1. The van der Waals surface area contributed by atoms with Crippen LogP contribution in [0.3, 0.4) is 0 Å². The van der Waals surface area contributed by atoms with Crippen molar-refractivity contribution in [3.8, 4) is 0 Å². The predicted molar refractivity (Wildman–Crippen MR) is 72.8 cm³/mol. The van der Waals surface area contributed by atoms with Gasteiger partial charge in [0.15, 0.2) is 0 Å². The fourth-order valence-corrected chi connectivity index (χ4v) is 3.97. The molecule has 1 aromatic carbocycles. The van der Waals surface area contributed by atoms with Crippen molar-refractivity contribution in [2.45, 2.75) is 11.3 Å². The molecule has 1 amide bonds. The van der Waals surface area contributed by atoms with Gasteiger partial charge < -0.3 is 5.32 Å². The van der Waals surface area contributed by atoms with Crippen molar-refractivity contribution >= 4 is 39.1 Å². The van der Waals surface area contributed by atoms with E-state index in [-0.39, 0.29) is 33.9 Å². The number of rotatable bonds is 2. The predicted octanol–water partition coefficient (Wildman–Crippen LogP) is 1.50.